The minimum absolute atomic E-state index is 0.0250. The quantitative estimate of drug-likeness (QED) is 0.561. The Balaban J connectivity index is 2.05. The molecule has 100 valence electrons. The highest BCUT2D eigenvalue weighted by molar-refractivity contribution is 5.44. The smallest absolute Gasteiger partial charge is 0.123 e. The number of anilines is 1. The lowest BCUT2D eigenvalue weighted by Gasteiger charge is -2.16. The summed E-state index contributed by atoms with van der Waals surface area (Å²) in [5, 5.41) is 0. The van der Waals surface area contributed by atoms with Gasteiger partial charge in [0.25, 0.3) is 0 Å². The molecular formula is C14H17FN4. The fourth-order valence-electron chi connectivity index (χ4n) is 1.97. The van der Waals surface area contributed by atoms with E-state index in [-0.39, 0.29) is 11.9 Å². The molecule has 2 aromatic rings. The van der Waals surface area contributed by atoms with Crippen molar-refractivity contribution in [1.82, 2.24) is 10.4 Å². The van der Waals surface area contributed by atoms with Crippen LogP contribution in [0.3, 0.4) is 0 Å². The third-order valence-electron chi connectivity index (χ3n) is 3.04. The van der Waals surface area contributed by atoms with Crippen molar-refractivity contribution in [3.63, 3.8) is 0 Å². The van der Waals surface area contributed by atoms with E-state index in [1.807, 2.05) is 0 Å². The maximum Gasteiger partial charge on any atom is 0.123 e. The fourth-order valence-corrected chi connectivity index (χ4v) is 1.97. The third-order valence-corrected chi connectivity index (χ3v) is 3.04. The number of hydrazine groups is 1. The van der Waals surface area contributed by atoms with Crippen LogP contribution in [0.4, 0.5) is 10.1 Å². The highest BCUT2D eigenvalue weighted by atomic mass is 19.1. The summed E-state index contributed by atoms with van der Waals surface area (Å²) in [6.07, 6.45) is 4.77. The second-order valence-electron chi connectivity index (χ2n) is 4.47. The van der Waals surface area contributed by atoms with E-state index in [1.165, 1.54) is 12.1 Å². The molecule has 0 radical (unpaired) electrons. The number of halogens is 1. The first-order chi connectivity index (χ1) is 9.19. The van der Waals surface area contributed by atoms with Crippen LogP contribution in [0.2, 0.25) is 0 Å². The molecule has 0 aliphatic heterocycles. The first-order valence-corrected chi connectivity index (χ1v) is 6.08. The van der Waals surface area contributed by atoms with Gasteiger partial charge in [-0.2, -0.15) is 0 Å². The van der Waals surface area contributed by atoms with Gasteiger partial charge >= 0.3 is 0 Å². The van der Waals surface area contributed by atoms with Gasteiger partial charge in [0.2, 0.25) is 0 Å². The minimum Gasteiger partial charge on any atom is -0.398 e. The van der Waals surface area contributed by atoms with Gasteiger partial charge in [-0.15, -0.1) is 0 Å². The Labute approximate surface area is 111 Å². The SMILES string of the molecule is NNC(Cc1ccc(F)cc1)Cc1cnccc1N. The van der Waals surface area contributed by atoms with Gasteiger partial charge in [-0.3, -0.25) is 16.3 Å². The zero-order valence-electron chi connectivity index (χ0n) is 10.5. The normalized spacial score (nSPS) is 12.3. The molecule has 5 N–H and O–H groups in total. The lowest BCUT2D eigenvalue weighted by atomic mass is 9.99. The van der Waals surface area contributed by atoms with Crippen molar-refractivity contribution in [2.24, 2.45) is 5.84 Å². The Morgan fingerprint density at radius 3 is 2.53 bits per heavy atom. The second-order valence-corrected chi connectivity index (χ2v) is 4.47. The molecule has 5 heteroatoms. The van der Waals surface area contributed by atoms with Gasteiger partial charge in [-0.1, -0.05) is 12.1 Å². The van der Waals surface area contributed by atoms with E-state index in [9.17, 15) is 4.39 Å². The summed E-state index contributed by atoms with van der Waals surface area (Å²) in [4.78, 5) is 4.05. The molecule has 0 bridgehead atoms. The molecule has 2 rings (SSSR count). The van der Waals surface area contributed by atoms with E-state index in [2.05, 4.69) is 10.4 Å². The van der Waals surface area contributed by atoms with Crippen LogP contribution >= 0.6 is 0 Å². The van der Waals surface area contributed by atoms with Crippen molar-refractivity contribution in [3.8, 4) is 0 Å². The van der Waals surface area contributed by atoms with Gasteiger partial charge in [0.15, 0.2) is 0 Å². The van der Waals surface area contributed by atoms with Crippen molar-refractivity contribution < 1.29 is 4.39 Å². The Morgan fingerprint density at radius 2 is 1.89 bits per heavy atom. The van der Waals surface area contributed by atoms with Crippen molar-refractivity contribution in [3.05, 3.63) is 59.7 Å². The fraction of sp³-hybridized carbons (Fsp3) is 0.214. The molecule has 1 atom stereocenters. The molecule has 0 aliphatic carbocycles. The number of hydrogen-bond acceptors (Lipinski definition) is 4. The summed E-state index contributed by atoms with van der Waals surface area (Å²) >= 11 is 0. The Hall–Kier alpha value is -1.98. The van der Waals surface area contributed by atoms with Gasteiger partial charge in [0.05, 0.1) is 0 Å². The average molecular weight is 260 g/mol. The molecule has 19 heavy (non-hydrogen) atoms. The molecule has 1 unspecified atom stereocenters. The lowest BCUT2D eigenvalue weighted by molar-refractivity contribution is 0.522. The summed E-state index contributed by atoms with van der Waals surface area (Å²) in [5.41, 5.74) is 11.3. The van der Waals surface area contributed by atoms with Gasteiger partial charge in [0, 0.05) is 24.1 Å². The minimum atomic E-state index is -0.238. The highest BCUT2D eigenvalue weighted by Crippen LogP contribution is 2.14. The number of nitrogens with two attached hydrogens (primary N) is 2. The van der Waals surface area contributed by atoms with Crippen molar-refractivity contribution in [2.45, 2.75) is 18.9 Å². The molecule has 0 saturated heterocycles. The third kappa shape index (κ3) is 3.74. The summed E-state index contributed by atoms with van der Waals surface area (Å²) in [5.74, 6) is 5.32. The Kier molecular flexibility index (Phi) is 4.43. The van der Waals surface area contributed by atoms with Gasteiger partial charge in [-0.05, 0) is 42.2 Å². The van der Waals surface area contributed by atoms with Crippen LogP contribution in [0.1, 0.15) is 11.1 Å². The molecular weight excluding hydrogens is 243 g/mol. The Bertz CT molecular complexity index is 527. The standard InChI is InChI=1S/C14H17FN4/c15-12-3-1-10(2-4-12)7-13(19-17)8-11-9-18-6-5-14(11)16/h1-6,9,13,19H,7-8,17H2,(H2,16,18). The summed E-state index contributed by atoms with van der Waals surface area (Å²) in [6, 6.07) is 8.19. The summed E-state index contributed by atoms with van der Waals surface area (Å²) in [6.45, 7) is 0. The average Bonchev–Trinajstić information content (AvgIpc) is 2.43. The predicted octanol–water partition coefficient (Wildman–Crippen LogP) is 1.42. The first kappa shape index (κ1) is 13.5. The van der Waals surface area contributed by atoms with Crippen molar-refractivity contribution in [2.75, 3.05) is 5.73 Å². The molecule has 1 aromatic heterocycles. The molecule has 1 heterocycles. The van der Waals surface area contributed by atoms with E-state index in [1.54, 1.807) is 30.6 Å². The number of nitrogens with one attached hydrogen (secondary N) is 1. The van der Waals surface area contributed by atoms with Crippen LogP contribution in [0, 0.1) is 5.82 Å². The topological polar surface area (TPSA) is 77.0 Å². The van der Waals surface area contributed by atoms with Crippen molar-refractivity contribution >= 4 is 5.69 Å². The van der Waals surface area contributed by atoms with E-state index >= 15 is 0 Å². The molecule has 0 spiro atoms. The second kappa shape index (κ2) is 6.26. The van der Waals surface area contributed by atoms with Gasteiger partial charge < -0.3 is 5.73 Å². The van der Waals surface area contributed by atoms with E-state index < -0.39 is 0 Å². The predicted molar refractivity (Wildman–Crippen MR) is 73.6 cm³/mol. The largest absolute Gasteiger partial charge is 0.398 e. The molecule has 0 amide bonds. The number of pyridine rings is 1. The number of benzene rings is 1. The zero-order chi connectivity index (χ0) is 13.7. The number of rotatable bonds is 5. The van der Waals surface area contributed by atoms with E-state index in [4.69, 9.17) is 11.6 Å². The lowest BCUT2D eigenvalue weighted by Crippen LogP contribution is -2.38. The number of nitrogen functional groups attached to an aromatic ring is 1. The molecule has 4 nitrogen and oxygen atoms in total. The van der Waals surface area contributed by atoms with Crippen molar-refractivity contribution in [1.29, 1.82) is 0 Å². The van der Waals surface area contributed by atoms with E-state index in [0.717, 1.165) is 11.1 Å². The maximum atomic E-state index is 12.8. The monoisotopic (exact) mass is 260 g/mol. The number of nitrogens with zero attached hydrogens (tertiary/aromatic N) is 1. The van der Waals surface area contributed by atoms with Crippen LogP contribution < -0.4 is 17.0 Å². The first-order valence-electron chi connectivity index (χ1n) is 6.08. The van der Waals surface area contributed by atoms with Crippen LogP contribution in [0.5, 0.6) is 0 Å². The van der Waals surface area contributed by atoms with Crippen LogP contribution in [-0.2, 0) is 12.8 Å². The highest BCUT2D eigenvalue weighted by Gasteiger charge is 2.11. The summed E-state index contributed by atoms with van der Waals surface area (Å²) < 4.78 is 12.8. The molecule has 0 saturated carbocycles. The Morgan fingerprint density at radius 1 is 1.16 bits per heavy atom. The zero-order valence-corrected chi connectivity index (χ0v) is 10.5. The van der Waals surface area contributed by atoms with Gasteiger partial charge in [0.1, 0.15) is 5.82 Å². The van der Waals surface area contributed by atoms with Crippen LogP contribution in [0.25, 0.3) is 0 Å². The summed E-state index contributed by atoms with van der Waals surface area (Å²) in [7, 11) is 0. The maximum absolute atomic E-state index is 12.8. The number of aromatic nitrogens is 1. The van der Waals surface area contributed by atoms with E-state index in [0.29, 0.717) is 18.5 Å². The van der Waals surface area contributed by atoms with Gasteiger partial charge in [-0.25, -0.2) is 4.39 Å². The van der Waals surface area contributed by atoms with Crippen LogP contribution in [-0.4, -0.2) is 11.0 Å². The number of hydrogen-bond donors (Lipinski definition) is 3. The molecule has 0 aliphatic rings. The molecule has 0 fully saturated rings. The van der Waals surface area contributed by atoms with Crippen LogP contribution in [0.15, 0.2) is 42.7 Å². The molecule has 1 aromatic carbocycles.